The van der Waals surface area contributed by atoms with Gasteiger partial charge in [0.05, 0.1) is 31.4 Å². The fourth-order valence-corrected chi connectivity index (χ4v) is 4.41. The van der Waals surface area contributed by atoms with Gasteiger partial charge in [-0.05, 0) is 44.9 Å². The second kappa shape index (κ2) is 10.8. The van der Waals surface area contributed by atoms with Crippen molar-refractivity contribution < 1.29 is 9.47 Å². The number of aliphatic imine (C=N–C) groups is 1. The van der Waals surface area contributed by atoms with Crippen LogP contribution < -0.4 is 5.32 Å². The molecule has 0 aromatic heterocycles. The van der Waals surface area contributed by atoms with Crippen LogP contribution in [-0.2, 0) is 9.47 Å². The third-order valence-electron chi connectivity index (χ3n) is 5.82. The maximum Gasteiger partial charge on any atom is 0.193 e. The van der Waals surface area contributed by atoms with Gasteiger partial charge in [0.2, 0.25) is 0 Å². The molecule has 2 saturated heterocycles. The van der Waals surface area contributed by atoms with E-state index in [-0.39, 0.29) is 11.6 Å². The van der Waals surface area contributed by atoms with E-state index in [0.717, 1.165) is 63.4 Å². The average molecular weight is 437 g/mol. The Bertz CT molecular complexity index is 689. The molecule has 2 fully saturated rings. The normalized spacial score (nSPS) is 23.4. The van der Waals surface area contributed by atoms with Crippen LogP contribution in [0, 0.1) is 5.92 Å². The molecule has 168 valence electrons. The van der Waals surface area contributed by atoms with Crippen LogP contribution >= 0.6 is 11.6 Å². The molecular formula is C23H37ClN4O2. The van der Waals surface area contributed by atoms with Gasteiger partial charge in [-0.25, -0.2) is 0 Å². The Hall–Kier alpha value is -1.34. The van der Waals surface area contributed by atoms with Gasteiger partial charge in [-0.1, -0.05) is 23.7 Å². The SMILES string of the molecule is CCNC(=NCC(c1ccc(Cl)cc1)N1CCOC(C)(C)C1)N(C)CC1CCOC1. The first-order chi connectivity index (χ1) is 14.4. The molecule has 3 rings (SSSR count). The topological polar surface area (TPSA) is 49.3 Å². The van der Waals surface area contributed by atoms with Gasteiger partial charge in [0.1, 0.15) is 0 Å². The van der Waals surface area contributed by atoms with Crippen LogP contribution in [0.25, 0.3) is 0 Å². The van der Waals surface area contributed by atoms with Crippen molar-refractivity contribution in [3.8, 4) is 0 Å². The first-order valence-corrected chi connectivity index (χ1v) is 11.5. The Labute approximate surface area is 186 Å². The standard InChI is InChI=1S/C23H37ClN4O2/c1-5-25-22(27(4)15-18-10-12-29-16-18)26-14-21(19-6-8-20(24)9-7-19)28-11-13-30-23(2,3)17-28/h6-9,18,21H,5,10-17H2,1-4H3,(H,25,26). The highest BCUT2D eigenvalue weighted by molar-refractivity contribution is 6.30. The van der Waals surface area contributed by atoms with Crippen molar-refractivity contribution in [3.05, 3.63) is 34.9 Å². The number of benzene rings is 1. The molecule has 0 radical (unpaired) electrons. The number of nitrogens with one attached hydrogen (secondary N) is 1. The van der Waals surface area contributed by atoms with Gasteiger partial charge in [0.25, 0.3) is 0 Å². The van der Waals surface area contributed by atoms with Gasteiger partial charge < -0.3 is 19.7 Å². The lowest BCUT2D eigenvalue weighted by Gasteiger charge is -2.42. The molecular weight excluding hydrogens is 400 g/mol. The Morgan fingerprint density at radius 3 is 2.73 bits per heavy atom. The molecule has 1 N–H and O–H groups in total. The van der Waals surface area contributed by atoms with Crippen molar-refractivity contribution in [2.75, 3.05) is 59.6 Å². The highest BCUT2D eigenvalue weighted by Crippen LogP contribution is 2.28. The Balaban J connectivity index is 1.77. The highest BCUT2D eigenvalue weighted by Gasteiger charge is 2.32. The third kappa shape index (κ3) is 6.58. The van der Waals surface area contributed by atoms with E-state index in [2.05, 4.69) is 55.1 Å². The van der Waals surface area contributed by atoms with E-state index < -0.39 is 0 Å². The van der Waals surface area contributed by atoms with Crippen molar-refractivity contribution in [3.63, 3.8) is 0 Å². The molecule has 30 heavy (non-hydrogen) atoms. The summed E-state index contributed by atoms with van der Waals surface area (Å²) in [6, 6.07) is 8.37. The number of hydrogen-bond donors (Lipinski definition) is 1. The van der Waals surface area contributed by atoms with Crippen LogP contribution in [0.3, 0.4) is 0 Å². The second-order valence-electron chi connectivity index (χ2n) is 8.95. The molecule has 6 nitrogen and oxygen atoms in total. The molecule has 0 saturated carbocycles. The lowest BCUT2D eigenvalue weighted by molar-refractivity contribution is -0.0967. The van der Waals surface area contributed by atoms with Gasteiger partial charge in [-0.2, -0.15) is 0 Å². The molecule has 2 atom stereocenters. The summed E-state index contributed by atoms with van der Waals surface area (Å²) in [7, 11) is 2.12. The van der Waals surface area contributed by atoms with E-state index in [1.807, 2.05) is 12.1 Å². The largest absolute Gasteiger partial charge is 0.381 e. The van der Waals surface area contributed by atoms with Crippen molar-refractivity contribution in [1.82, 2.24) is 15.1 Å². The number of nitrogens with zero attached hydrogens (tertiary/aromatic N) is 3. The smallest absolute Gasteiger partial charge is 0.193 e. The van der Waals surface area contributed by atoms with Crippen LogP contribution in [0.4, 0.5) is 0 Å². The Morgan fingerprint density at radius 1 is 1.33 bits per heavy atom. The minimum absolute atomic E-state index is 0.156. The molecule has 2 aliphatic heterocycles. The van der Waals surface area contributed by atoms with Gasteiger partial charge in [-0.15, -0.1) is 0 Å². The monoisotopic (exact) mass is 436 g/mol. The van der Waals surface area contributed by atoms with E-state index in [1.54, 1.807) is 0 Å². The quantitative estimate of drug-likeness (QED) is 0.524. The molecule has 0 bridgehead atoms. The molecule has 1 aromatic rings. The number of rotatable bonds is 7. The summed E-state index contributed by atoms with van der Waals surface area (Å²) < 4.78 is 11.5. The molecule has 2 aliphatic rings. The number of halogens is 1. The first kappa shape index (κ1) is 23.3. The highest BCUT2D eigenvalue weighted by atomic mass is 35.5. The van der Waals surface area contributed by atoms with Crippen molar-refractivity contribution in [2.45, 2.75) is 38.8 Å². The van der Waals surface area contributed by atoms with Gasteiger partial charge in [0.15, 0.2) is 5.96 Å². The molecule has 0 spiro atoms. The zero-order chi connectivity index (χ0) is 21.6. The lowest BCUT2D eigenvalue weighted by Crippen LogP contribution is -2.50. The maximum absolute atomic E-state index is 6.15. The number of morpholine rings is 1. The minimum atomic E-state index is -0.156. The predicted octanol–water partition coefficient (Wildman–Crippen LogP) is 3.43. The van der Waals surface area contributed by atoms with Crippen molar-refractivity contribution in [2.24, 2.45) is 10.9 Å². The van der Waals surface area contributed by atoms with E-state index in [4.69, 9.17) is 26.1 Å². The van der Waals surface area contributed by atoms with Crippen LogP contribution in [0.15, 0.2) is 29.3 Å². The zero-order valence-corrected chi connectivity index (χ0v) is 19.6. The predicted molar refractivity (Wildman–Crippen MR) is 123 cm³/mol. The molecule has 0 amide bonds. The Morgan fingerprint density at radius 2 is 2.10 bits per heavy atom. The van der Waals surface area contributed by atoms with Gasteiger partial charge in [-0.3, -0.25) is 9.89 Å². The average Bonchev–Trinajstić information content (AvgIpc) is 3.21. The van der Waals surface area contributed by atoms with Crippen LogP contribution in [0.1, 0.15) is 38.8 Å². The fourth-order valence-electron chi connectivity index (χ4n) is 4.28. The van der Waals surface area contributed by atoms with E-state index in [1.165, 1.54) is 5.56 Å². The number of ether oxygens (including phenoxy) is 2. The molecule has 2 unspecified atom stereocenters. The van der Waals surface area contributed by atoms with E-state index in [9.17, 15) is 0 Å². The van der Waals surface area contributed by atoms with Crippen LogP contribution in [0.5, 0.6) is 0 Å². The number of guanidine groups is 1. The summed E-state index contributed by atoms with van der Waals surface area (Å²) in [4.78, 5) is 9.78. The molecule has 7 heteroatoms. The van der Waals surface area contributed by atoms with Crippen LogP contribution in [-0.4, -0.2) is 81.0 Å². The molecule has 2 heterocycles. The van der Waals surface area contributed by atoms with Gasteiger partial charge in [0, 0.05) is 50.8 Å². The van der Waals surface area contributed by atoms with Crippen molar-refractivity contribution in [1.29, 1.82) is 0 Å². The first-order valence-electron chi connectivity index (χ1n) is 11.1. The van der Waals surface area contributed by atoms with E-state index in [0.29, 0.717) is 12.5 Å². The summed E-state index contributed by atoms with van der Waals surface area (Å²) in [5.74, 6) is 1.53. The van der Waals surface area contributed by atoms with Gasteiger partial charge >= 0.3 is 0 Å². The lowest BCUT2D eigenvalue weighted by atomic mass is 10.0. The summed E-state index contributed by atoms with van der Waals surface area (Å²) in [6.45, 7) is 13.2. The number of hydrogen-bond acceptors (Lipinski definition) is 4. The summed E-state index contributed by atoms with van der Waals surface area (Å²) in [6.07, 6.45) is 1.13. The van der Waals surface area contributed by atoms with Crippen molar-refractivity contribution >= 4 is 17.6 Å². The summed E-state index contributed by atoms with van der Waals surface area (Å²) >= 11 is 6.15. The minimum Gasteiger partial charge on any atom is -0.381 e. The Kier molecular flexibility index (Phi) is 8.40. The van der Waals surface area contributed by atoms with E-state index >= 15 is 0 Å². The fraction of sp³-hybridized carbons (Fsp3) is 0.696. The summed E-state index contributed by atoms with van der Waals surface area (Å²) in [5.41, 5.74) is 1.08. The van der Waals surface area contributed by atoms with Crippen LogP contribution in [0.2, 0.25) is 5.02 Å². The second-order valence-corrected chi connectivity index (χ2v) is 9.39. The maximum atomic E-state index is 6.15. The third-order valence-corrected chi connectivity index (χ3v) is 6.07. The molecule has 0 aliphatic carbocycles. The molecule has 1 aromatic carbocycles. The zero-order valence-electron chi connectivity index (χ0n) is 18.9. The summed E-state index contributed by atoms with van der Waals surface area (Å²) in [5, 5.41) is 4.22.